The van der Waals surface area contributed by atoms with Gasteiger partial charge in [0.1, 0.15) is 5.60 Å². The van der Waals surface area contributed by atoms with Gasteiger partial charge >= 0.3 is 0 Å². The number of hydrogen-bond acceptors (Lipinski definition) is 1. The molecule has 0 N–H and O–H groups in total. The lowest BCUT2D eigenvalue weighted by atomic mass is 9.89. The van der Waals surface area contributed by atoms with Gasteiger partial charge in [0, 0.05) is 7.11 Å². The van der Waals surface area contributed by atoms with E-state index in [4.69, 9.17) is 4.74 Å². The molecule has 1 rings (SSSR count). The molecule has 0 saturated carbocycles. The minimum Gasteiger partial charge on any atom is -0.369 e. The molecule has 0 bridgehead atoms. The van der Waals surface area contributed by atoms with E-state index in [1.54, 1.807) is 7.11 Å². The highest BCUT2D eigenvalue weighted by molar-refractivity contribution is 5.29. The first-order valence-corrected chi connectivity index (χ1v) is 4.38. The smallest absolute Gasteiger partial charge is 0.110 e. The second-order valence-corrected chi connectivity index (χ2v) is 3.38. The van der Waals surface area contributed by atoms with Crippen LogP contribution in [0.4, 0.5) is 0 Å². The van der Waals surface area contributed by atoms with Crippen molar-refractivity contribution in [2.75, 3.05) is 7.11 Å². The highest BCUT2D eigenvalue weighted by Gasteiger charge is 2.26. The summed E-state index contributed by atoms with van der Waals surface area (Å²) in [5.74, 6) is 0. The van der Waals surface area contributed by atoms with Gasteiger partial charge in [-0.3, -0.25) is 0 Å². The lowest BCUT2D eigenvalue weighted by Gasteiger charge is -2.29. The fourth-order valence-electron chi connectivity index (χ4n) is 1.29. The van der Waals surface area contributed by atoms with Crippen molar-refractivity contribution in [3.05, 3.63) is 48.0 Å². The summed E-state index contributed by atoms with van der Waals surface area (Å²) >= 11 is 0. The summed E-state index contributed by atoms with van der Waals surface area (Å²) < 4.78 is 5.49. The predicted molar refractivity (Wildman–Crippen MR) is 55.6 cm³/mol. The quantitative estimate of drug-likeness (QED) is 0.643. The fraction of sp³-hybridized carbons (Fsp3) is 0.333. The van der Waals surface area contributed by atoms with Gasteiger partial charge in [0.2, 0.25) is 0 Å². The van der Waals surface area contributed by atoms with Crippen LogP contribution in [-0.2, 0) is 10.3 Å². The average molecular weight is 176 g/mol. The Morgan fingerprint density at radius 2 is 1.85 bits per heavy atom. The van der Waals surface area contributed by atoms with E-state index < -0.39 is 0 Å². The van der Waals surface area contributed by atoms with Crippen molar-refractivity contribution in [1.82, 2.24) is 0 Å². The summed E-state index contributed by atoms with van der Waals surface area (Å²) in [4.78, 5) is 0. The molecule has 0 unspecified atom stereocenters. The molecule has 1 heteroatoms. The second kappa shape index (κ2) is 3.75. The molecule has 0 fully saturated rings. The summed E-state index contributed by atoms with van der Waals surface area (Å²) in [5.41, 5.74) is 1.80. The zero-order valence-electron chi connectivity index (χ0n) is 8.50. The third kappa shape index (κ3) is 1.81. The maximum atomic E-state index is 5.49. The van der Waals surface area contributed by atoms with Crippen molar-refractivity contribution in [2.24, 2.45) is 0 Å². The van der Waals surface area contributed by atoms with Crippen LogP contribution in [0, 0.1) is 0 Å². The number of benzene rings is 1. The molecule has 0 heterocycles. The zero-order chi connectivity index (χ0) is 9.90. The van der Waals surface area contributed by atoms with E-state index >= 15 is 0 Å². The molecule has 0 aliphatic heterocycles. The Balaban J connectivity index is 3.11. The molecule has 0 radical (unpaired) electrons. The Hall–Kier alpha value is -1.08. The van der Waals surface area contributed by atoms with Crippen LogP contribution >= 0.6 is 0 Å². The molecule has 1 aromatic rings. The molecular formula is C12H16O. The molecule has 1 nitrogen and oxygen atoms in total. The van der Waals surface area contributed by atoms with Crippen LogP contribution in [0.3, 0.4) is 0 Å². The maximum Gasteiger partial charge on any atom is 0.110 e. The monoisotopic (exact) mass is 176 g/mol. The van der Waals surface area contributed by atoms with Gasteiger partial charge in [-0.25, -0.2) is 0 Å². The van der Waals surface area contributed by atoms with E-state index in [-0.39, 0.29) is 5.60 Å². The fourth-order valence-corrected chi connectivity index (χ4v) is 1.29. The normalized spacial score (nSPS) is 15.0. The summed E-state index contributed by atoms with van der Waals surface area (Å²) in [7, 11) is 1.71. The van der Waals surface area contributed by atoms with Gasteiger partial charge in [0.15, 0.2) is 0 Å². The van der Waals surface area contributed by atoms with E-state index in [1.165, 1.54) is 0 Å². The average Bonchev–Trinajstić information content (AvgIpc) is 2.17. The topological polar surface area (TPSA) is 9.23 Å². The Bertz CT molecular complexity index is 289. The molecule has 0 aliphatic carbocycles. The van der Waals surface area contributed by atoms with Gasteiger partial charge in [-0.2, -0.15) is 0 Å². The summed E-state index contributed by atoms with van der Waals surface area (Å²) in [6.07, 6.45) is 0. The van der Waals surface area contributed by atoms with E-state index in [9.17, 15) is 0 Å². The number of rotatable bonds is 3. The highest BCUT2D eigenvalue weighted by atomic mass is 16.5. The van der Waals surface area contributed by atoms with Crippen LogP contribution in [0.25, 0.3) is 0 Å². The Morgan fingerprint density at radius 1 is 1.31 bits per heavy atom. The third-order valence-corrected chi connectivity index (χ3v) is 2.55. The highest BCUT2D eigenvalue weighted by Crippen LogP contribution is 2.30. The Labute approximate surface area is 80.0 Å². The van der Waals surface area contributed by atoms with Crippen LogP contribution in [-0.4, -0.2) is 7.11 Å². The van der Waals surface area contributed by atoms with Crippen molar-refractivity contribution in [3.63, 3.8) is 0 Å². The molecule has 1 atom stereocenters. The summed E-state index contributed by atoms with van der Waals surface area (Å²) in [6.45, 7) is 7.96. The van der Waals surface area contributed by atoms with Crippen LogP contribution in [0.1, 0.15) is 19.4 Å². The Morgan fingerprint density at radius 3 is 2.23 bits per heavy atom. The Kier molecular flexibility index (Phi) is 2.89. The van der Waals surface area contributed by atoms with Crippen LogP contribution in [0.2, 0.25) is 0 Å². The molecular weight excluding hydrogens is 160 g/mol. The van der Waals surface area contributed by atoms with Crippen LogP contribution in [0.15, 0.2) is 42.5 Å². The van der Waals surface area contributed by atoms with Gasteiger partial charge in [0.25, 0.3) is 0 Å². The third-order valence-electron chi connectivity index (χ3n) is 2.55. The van der Waals surface area contributed by atoms with E-state index in [2.05, 4.69) is 18.7 Å². The van der Waals surface area contributed by atoms with E-state index in [0.29, 0.717) is 0 Å². The molecule has 0 spiro atoms. The van der Waals surface area contributed by atoms with Crippen molar-refractivity contribution >= 4 is 0 Å². The zero-order valence-corrected chi connectivity index (χ0v) is 8.50. The van der Waals surface area contributed by atoms with E-state index in [0.717, 1.165) is 11.1 Å². The first kappa shape index (κ1) is 10.0. The minimum atomic E-state index is -0.360. The summed E-state index contributed by atoms with van der Waals surface area (Å²) in [6, 6.07) is 10.1. The van der Waals surface area contributed by atoms with Gasteiger partial charge in [-0.1, -0.05) is 36.9 Å². The lowest BCUT2D eigenvalue weighted by Crippen LogP contribution is -2.25. The van der Waals surface area contributed by atoms with Crippen LogP contribution in [0.5, 0.6) is 0 Å². The predicted octanol–water partition coefficient (Wildman–Crippen LogP) is 3.12. The number of hydrogen-bond donors (Lipinski definition) is 0. The van der Waals surface area contributed by atoms with Crippen molar-refractivity contribution in [3.8, 4) is 0 Å². The van der Waals surface area contributed by atoms with Crippen LogP contribution < -0.4 is 0 Å². The van der Waals surface area contributed by atoms with Crippen molar-refractivity contribution < 1.29 is 4.74 Å². The molecule has 0 saturated heterocycles. The number of ether oxygens (including phenoxy) is 1. The van der Waals surface area contributed by atoms with Gasteiger partial charge < -0.3 is 4.74 Å². The number of methoxy groups -OCH3 is 1. The second-order valence-electron chi connectivity index (χ2n) is 3.38. The maximum absolute atomic E-state index is 5.49. The molecule has 0 aliphatic rings. The van der Waals surface area contributed by atoms with E-state index in [1.807, 2.05) is 32.0 Å². The molecule has 0 aromatic heterocycles. The van der Waals surface area contributed by atoms with Crippen molar-refractivity contribution in [2.45, 2.75) is 19.4 Å². The first-order valence-electron chi connectivity index (χ1n) is 4.38. The SMILES string of the molecule is C=C(C)[C@@](C)(OC)c1ccccc1. The molecule has 70 valence electrons. The first-order chi connectivity index (χ1) is 6.11. The molecule has 1 aromatic carbocycles. The standard InChI is InChI=1S/C12H16O/c1-10(2)12(3,13-4)11-8-6-5-7-9-11/h5-9H,1H2,2-4H3/t12-/m1/s1. The summed E-state index contributed by atoms with van der Waals surface area (Å²) in [5, 5.41) is 0. The molecule has 0 amide bonds. The largest absolute Gasteiger partial charge is 0.369 e. The van der Waals surface area contributed by atoms with Gasteiger partial charge in [-0.05, 0) is 25.0 Å². The van der Waals surface area contributed by atoms with Gasteiger partial charge in [-0.15, -0.1) is 0 Å². The van der Waals surface area contributed by atoms with Gasteiger partial charge in [0.05, 0.1) is 0 Å². The molecule has 13 heavy (non-hydrogen) atoms. The van der Waals surface area contributed by atoms with Crippen molar-refractivity contribution in [1.29, 1.82) is 0 Å². The lowest BCUT2D eigenvalue weighted by molar-refractivity contribution is 0.0358. The minimum absolute atomic E-state index is 0.360.